The zero-order chi connectivity index (χ0) is 24.9. The number of carbonyl (C=O) groups is 4. The van der Waals surface area contributed by atoms with Gasteiger partial charge in [-0.05, 0) is 24.0 Å². The average Bonchev–Trinajstić information content (AvgIpc) is 3.34. The number of benzene rings is 1. The summed E-state index contributed by atoms with van der Waals surface area (Å²) in [4.78, 5) is 56.4. The summed E-state index contributed by atoms with van der Waals surface area (Å²) in [5.74, 6) is -2.33. The van der Waals surface area contributed by atoms with Crippen LogP contribution < -0.4 is 21.7 Å². The molecule has 34 heavy (non-hydrogen) atoms. The average molecular weight is 491 g/mol. The SMILES string of the molecule is CSCCC(NC(=O)CN)C(=O)NC(Cc1cnc[nH]1)C(=O)NC(Cc1ccccc1)C(=O)O. The van der Waals surface area contributed by atoms with Gasteiger partial charge < -0.3 is 31.8 Å². The van der Waals surface area contributed by atoms with Gasteiger partial charge in [-0.1, -0.05) is 30.3 Å². The van der Waals surface area contributed by atoms with E-state index in [1.165, 1.54) is 24.3 Å². The summed E-state index contributed by atoms with van der Waals surface area (Å²) in [6.45, 7) is -0.277. The Bertz CT molecular complexity index is 941. The molecule has 0 aliphatic rings. The van der Waals surface area contributed by atoms with Gasteiger partial charge >= 0.3 is 5.97 Å². The normalized spacial score (nSPS) is 13.4. The lowest BCUT2D eigenvalue weighted by Crippen LogP contribution is -2.57. The molecule has 0 aliphatic carbocycles. The zero-order valence-corrected chi connectivity index (χ0v) is 19.6. The minimum Gasteiger partial charge on any atom is -0.480 e. The Morgan fingerprint density at radius 2 is 1.71 bits per heavy atom. The molecule has 0 radical (unpaired) electrons. The molecular weight excluding hydrogens is 460 g/mol. The number of nitrogens with zero attached hydrogens (tertiary/aromatic N) is 1. The number of hydrogen-bond donors (Lipinski definition) is 6. The molecule has 1 heterocycles. The number of carboxylic acid groups (broad SMARTS) is 1. The third-order valence-corrected chi connectivity index (χ3v) is 5.60. The van der Waals surface area contributed by atoms with E-state index in [4.69, 9.17) is 5.73 Å². The van der Waals surface area contributed by atoms with Crippen LogP contribution in [0.2, 0.25) is 0 Å². The number of nitrogens with two attached hydrogens (primary N) is 1. The van der Waals surface area contributed by atoms with Gasteiger partial charge in [-0.25, -0.2) is 9.78 Å². The molecule has 7 N–H and O–H groups in total. The number of nitrogens with one attached hydrogen (secondary N) is 4. The van der Waals surface area contributed by atoms with E-state index in [2.05, 4.69) is 25.9 Å². The predicted molar refractivity (Wildman–Crippen MR) is 128 cm³/mol. The van der Waals surface area contributed by atoms with Crippen LogP contribution in [-0.4, -0.2) is 75.4 Å². The number of amides is 3. The van der Waals surface area contributed by atoms with Crippen molar-refractivity contribution in [2.75, 3.05) is 18.6 Å². The van der Waals surface area contributed by atoms with Gasteiger partial charge in [0.05, 0.1) is 12.9 Å². The highest BCUT2D eigenvalue weighted by Gasteiger charge is 2.30. The molecule has 0 saturated heterocycles. The summed E-state index contributed by atoms with van der Waals surface area (Å²) < 4.78 is 0. The second-order valence-corrected chi connectivity index (χ2v) is 8.52. The standard InChI is InChI=1S/C22H30N6O5S/c1-34-8-7-16(26-19(29)11-23)20(30)27-17(10-15-12-24-13-25-15)21(31)28-18(22(32)33)9-14-5-3-2-4-6-14/h2-6,12-13,16-18H,7-11,23H2,1H3,(H,24,25)(H,26,29)(H,27,30)(H,28,31)(H,32,33). The highest BCUT2D eigenvalue weighted by molar-refractivity contribution is 7.98. The fourth-order valence-electron chi connectivity index (χ4n) is 3.18. The van der Waals surface area contributed by atoms with E-state index in [9.17, 15) is 24.3 Å². The first-order valence-corrected chi connectivity index (χ1v) is 12.1. The monoisotopic (exact) mass is 490 g/mol. The van der Waals surface area contributed by atoms with Gasteiger partial charge in [0, 0.05) is 24.7 Å². The number of carboxylic acids is 1. The number of thioether (sulfide) groups is 1. The maximum absolute atomic E-state index is 13.1. The van der Waals surface area contributed by atoms with Crippen LogP contribution in [0.15, 0.2) is 42.9 Å². The van der Waals surface area contributed by atoms with E-state index < -0.39 is 41.8 Å². The molecule has 184 valence electrons. The highest BCUT2D eigenvalue weighted by atomic mass is 32.2. The van der Waals surface area contributed by atoms with E-state index in [-0.39, 0.29) is 19.4 Å². The molecule has 1 aromatic heterocycles. The van der Waals surface area contributed by atoms with E-state index in [1.807, 2.05) is 12.3 Å². The van der Waals surface area contributed by atoms with Gasteiger partial charge in [-0.2, -0.15) is 11.8 Å². The van der Waals surface area contributed by atoms with Crippen molar-refractivity contribution in [1.82, 2.24) is 25.9 Å². The first kappa shape index (κ1) is 26.9. The molecule has 0 aliphatic heterocycles. The van der Waals surface area contributed by atoms with Crippen molar-refractivity contribution in [3.05, 3.63) is 54.1 Å². The maximum atomic E-state index is 13.1. The Balaban J connectivity index is 2.17. The van der Waals surface area contributed by atoms with E-state index in [1.54, 1.807) is 24.3 Å². The van der Waals surface area contributed by atoms with Crippen molar-refractivity contribution in [1.29, 1.82) is 0 Å². The van der Waals surface area contributed by atoms with Crippen LogP contribution in [0.4, 0.5) is 0 Å². The number of aliphatic carboxylic acids is 1. The molecule has 3 unspecified atom stereocenters. The number of aromatic nitrogens is 2. The highest BCUT2D eigenvalue weighted by Crippen LogP contribution is 2.07. The third-order valence-electron chi connectivity index (χ3n) is 4.96. The Morgan fingerprint density at radius 1 is 1.03 bits per heavy atom. The van der Waals surface area contributed by atoms with E-state index >= 15 is 0 Å². The summed E-state index contributed by atoms with van der Waals surface area (Å²) in [6, 6.07) is 5.72. The Kier molecular flexibility index (Phi) is 11.1. The van der Waals surface area contributed by atoms with Crippen LogP contribution in [0.1, 0.15) is 17.7 Å². The van der Waals surface area contributed by atoms with Crippen LogP contribution >= 0.6 is 11.8 Å². The lowest BCUT2D eigenvalue weighted by atomic mass is 10.0. The third kappa shape index (κ3) is 8.87. The van der Waals surface area contributed by atoms with Crippen molar-refractivity contribution in [3.8, 4) is 0 Å². The van der Waals surface area contributed by atoms with Crippen LogP contribution in [0.5, 0.6) is 0 Å². The minimum atomic E-state index is -1.20. The van der Waals surface area contributed by atoms with Crippen LogP contribution in [0.25, 0.3) is 0 Å². The molecule has 0 fully saturated rings. The molecule has 2 aromatic rings. The van der Waals surface area contributed by atoms with Crippen LogP contribution in [0.3, 0.4) is 0 Å². The largest absolute Gasteiger partial charge is 0.480 e. The second-order valence-electron chi connectivity index (χ2n) is 7.54. The van der Waals surface area contributed by atoms with Crippen molar-refractivity contribution in [2.24, 2.45) is 5.73 Å². The first-order chi connectivity index (χ1) is 16.3. The number of imidazole rings is 1. The Hall–Kier alpha value is -3.38. The first-order valence-electron chi connectivity index (χ1n) is 10.7. The molecule has 12 heteroatoms. The van der Waals surface area contributed by atoms with Gasteiger partial charge in [0.2, 0.25) is 17.7 Å². The van der Waals surface area contributed by atoms with Crippen molar-refractivity contribution in [3.63, 3.8) is 0 Å². The molecule has 1 aromatic carbocycles. The van der Waals surface area contributed by atoms with Crippen LogP contribution in [-0.2, 0) is 32.0 Å². The quantitative estimate of drug-likeness (QED) is 0.204. The van der Waals surface area contributed by atoms with Gasteiger partial charge in [0.25, 0.3) is 0 Å². The van der Waals surface area contributed by atoms with Gasteiger partial charge in [0.1, 0.15) is 18.1 Å². The summed E-state index contributed by atoms with van der Waals surface area (Å²) in [7, 11) is 0. The molecular formula is C22H30N6O5S. The number of aromatic amines is 1. The number of H-pyrrole nitrogens is 1. The fourth-order valence-corrected chi connectivity index (χ4v) is 3.65. The summed E-state index contributed by atoms with van der Waals surface area (Å²) in [6.07, 6.45) is 5.28. The number of hydrogen-bond acceptors (Lipinski definition) is 7. The Morgan fingerprint density at radius 3 is 2.29 bits per heavy atom. The van der Waals surface area contributed by atoms with E-state index in [0.717, 1.165) is 5.56 Å². The summed E-state index contributed by atoms with van der Waals surface area (Å²) in [5, 5.41) is 17.4. The molecule has 3 amide bonds. The number of carbonyl (C=O) groups excluding carboxylic acids is 3. The maximum Gasteiger partial charge on any atom is 0.326 e. The van der Waals surface area contributed by atoms with Gasteiger partial charge in [-0.15, -0.1) is 0 Å². The molecule has 3 atom stereocenters. The van der Waals surface area contributed by atoms with Gasteiger partial charge in [0.15, 0.2) is 0 Å². The lowest BCUT2D eigenvalue weighted by Gasteiger charge is -2.24. The molecule has 0 saturated carbocycles. The minimum absolute atomic E-state index is 0.0509. The van der Waals surface area contributed by atoms with Gasteiger partial charge in [-0.3, -0.25) is 14.4 Å². The van der Waals surface area contributed by atoms with Crippen molar-refractivity contribution < 1.29 is 24.3 Å². The Labute approximate surface area is 201 Å². The predicted octanol–water partition coefficient (Wildman–Crippen LogP) is -0.554. The summed E-state index contributed by atoms with van der Waals surface area (Å²) >= 11 is 1.50. The van der Waals surface area contributed by atoms with E-state index in [0.29, 0.717) is 17.9 Å². The lowest BCUT2D eigenvalue weighted by molar-refractivity contribution is -0.142. The molecule has 0 bridgehead atoms. The second kappa shape index (κ2) is 14.0. The fraction of sp³-hybridized carbons (Fsp3) is 0.409. The smallest absolute Gasteiger partial charge is 0.326 e. The zero-order valence-electron chi connectivity index (χ0n) is 18.8. The molecule has 2 rings (SSSR count). The number of rotatable bonds is 14. The van der Waals surface area contributed by atoms with Crippen molar-refractivity contribution >= 4 is 35.5 Å². The van der Waals surface area contributed by atoms with Crippen LogP contribution in [0, 0.1) is 0 Å². The summed E-state index contributed by atoms with van der Waals surface area (Å²) in [5.41, 5.74) is 6.67. The topological polar surface area (TPSA) is 179 Å². The van der Waals surface area contributed by atoms with Crippen molar-refractivity contribution in [2.45, 2.75) is 37.4 Å². The molecule has 11 nitrogen and oxygen atoms in total. The molecule has 0 spiro atoms.